The number of amides is 2. The Hall–Kier alpha value is -3.47. The zero-order valence-electron chi connectivity index (χ0n) is 16.9. The van der Waals surface area contributed by atoms with E-state index in [9.17, 15) is 9.59 Å². The minimum atomic E-state index is -0.351. The van der Waals surface area contributed by atoms with Crippen molar-refractivity contribution in [1.29, 1.82) is 0 Å². The predicted octanol–water partition coefficient (Wildman–Crippen LogP) is 4.70. The molecule has 3 rings (SSSR count). The van der Waals surface area contributed by atoms with Crippen LogP contribution in [0.4, 0.5) is 5.69 Å². The summed E-state index contributed by atoms with van der Waals surface area (Å²) >= 11 is 0. The van der Waals surface area contributed by atoms with Crippen LogP contribution >= 0.6 is 0 Å². The van der Waals surface area contributed by atoms with Crippen molar-refractivity contribution in [3.63, 3.8) is 0 Å². The number of benzene rings is 2. The average molecular weight is 387 g/mol. The maximum absolute atomic E-state index is 12.5. The van der Waals surface area contributed by atoms with E-state index >= 15 is 0 Å². The molecule has 5 nitrogen and oxygen atoms in total. The van der Waals surface area contributed by atoms with Gasteiger partial charge in [0, 0.05) is 12.2 Å². The number of nitrogens with zero attached hydrogens (tertiary/aromatic N) is 1. The summed E-state index contributed by atoms with van der Waals surface area (Å²) in [5.41, 5.74) is 4.46. The SMILES string of the molecule is Cc1ccc(CNC(=O)c2cccc(C(=O)Nc3ccc(C(C)C)cc3)n2)cc1. The second-order valence-electron chi connectivity index (χ2n) is 7.31. The quantitative estimate of drug-likeness (QED) is 0.644. The third-order valence-corrected chi connectivity index (χ3v) is 4.62. The maximum atomic E-state index is 12.5. The van der Waals surface area contributed by atoms with Crippen LogP contribution in [0.25, 0.3) is 0 Å². The first kappa shape index (κ1) is 20.3. The van der Waals surface area contributed by atoms with Gasteiger partial charge in [0.25, 0.3) is 11.8 Å². The molecule has 148 valence electrons. The van der Waals surface area contributed by atoms with Gasteiger partial charge in [0.05, 0.1) is 0 Å². The van der Waals surface area contributed by atoms with Crippen molar-refractivity contribution in [2.45, 2.75) is 33.2 Å². The minimum Gasteiger partial charge on any atom is -0.347 e. The number of hydrogen-bond donors (Lipinski definition) is 2. The van der Waals surface area contributed by atoms with Gasteiger partial charge >= 0.3 is 0 Å². The number of carbonyl (C=O) groups is 2. The van der Waals surface area contributed by atoms with Crippen molar-refractivity contribution in [3.05, 3.63) is 94.8 Å². The standard InChI is InChI=1S/C24H25N3O2/c1-16(2)19-11-13-20(14-12-19)26-24(29)22-6-4-5-21(27-22)23(28)25-15-18-9-7-17(3)8-10-18/h4-14,16H,15H2,1-3H3,(H,25,28)(H,26,29). The van der Waals surface area contributed by atoms with Gasteiger partial charge in [0.1, 0.15) is 11.4 Å². The monoisotopic (exact) mass is 387 g/mol. The molecule has 1 heterocycles. The molecule has 2 aromatic carbocycles. The predicted molar refractivity (Wildman–Crippen MR) is 115 cm³/mol. The third-order valence-electron chi connectivity index (χ3n) is 4.62. The summed E-state index contributed by atoms with van der Waals surface area (Å²) in [5.74, 6) is -0.242. The largest absolute Gasteiger partial charge is 0.347 e. The summed E-state index contributed by atoms with van der Waals surface area (Å²) in [7, 11) is 0. The fraction of sp³-hybridized carbons (Fsp3) is 0.208. The third kappa shape index (κ3) is 5.51. The van der Waals surface area contributed by atoms with Crippen molar-refractivity contribution in [2.24, 2.45) is 0 Å². The Labute approximate surface area is 171 Å². The summed E-state index contributed by atoms with van der Waals surface area (Å²) in [4.78, 5) is 29.1. The van der Waals surface area contributed by atoms with Gasteiger partial charge < -0.3 is 10.6 Å². The summed E-state index contributed by atoms with van der Waals surface area (Å²) in [5, 5.41) is 5.65. The highest BCUT2D eigenvalue weighted by Gasteiger charge is 2.13. The number of anilines is 1. The van der Waals surface area contributed by atoms with E-state index in [2.05, 4.69) is 29.5 Å². The Balaban J connectivity index is 1.63. The van der Waals surface area contributed by atoms with E-state index in [0.29, 0.717) is 18.2 Å². The van der Waals surface area contributed by atoms with Crippen LogP contribution in [0, 0.1) is 6.92 Å². The normalized spacial score (nSPS) is 10.6. The van der Waals surface area contributed by atoms with E-state index in [-0.39, 0.29) is 23.2 Å². The summed E-state index contributed by atoms with van der Waals surface area (Å²) in [6, 6.07) is 20.5. The van der Waals surface area contributed by atoms with E-state index in [1.54, 1.807) is 18.2 Å². The molecule has 0 aliphatic heterocycles. The van der Waals surface area contributed by atoms with Crippen LogP contribution in [0.5, 0.6) is 0 Å². The van der Waals surface area contributed by atoms with Crippen LogP contribution in [0.1, 0.15) is 57.4 Å². The first-order valence-electron chi connectivity index (χ1n) is 9.64. The first-order chi connectivity index (χ1) is 13.9. The van der Waals surface area contributed by atoms with Crippen LogP contribution in [0.2, 0.25) is 0 Å². The fourth-order valence-corrected chi connectivity index (χ4v) is 2.81. The molecule has 0 atom stereocenters. The van der Waals surface area contributed by atoms with Crippen molar-refractivity contribution >= 4 is 17.5 Å². The fourth-order valence-electron chi connectivity index (χ4n) is 2.81. The summed E-state index contributed by atoms with van der Waals surface area (Å²) in [6.07, 6.45) is 0. The molecule has 0 saturated carbocycles. The Morgan fingerprint density at radius 2 is 1.48 bits per heavy atom. The van der Waals surface area contributed by atoms with Gasteiger partial charge in [-0.25, -0.2) is 4.98 Å². The zero-order chi connectivity index (χ0) is 20.8. The molecule has 0 radical (unpaired) electrons. The molecule has 0 unspecified atom stereocenters. The van der Waals surface area contributed by atoms with Gasteiger partial charge in [-0.2, -0.15) is 0 Å². The summed E-state index contributed by atoms with van der Waals surface area (Å²) in [6.45, 7) is 6.65. The topological polar surface area (TPSA) is 71.1 Å². The molecule has 5 heteroatoms. The second-order valence-corrected chi connectivity index (χ2v) is 7.31. The molecule has 0 aliphatic rings. The lowest BCUT2D eigenvalue weighted by Crippen LogP contribution is -2.25. The van der Waals surface area contributed by atoms with Gasteiger partial charge in [-0.1, -0.05) is 61.9 Å². The average Bonchev–Trinajstić information content (AvgIpc) is 2.73. The molecule has 29 heavy (non-hydrogen) atoms. The van der Waals surface area contributed by atoms with E-state index in [1.165, 1.54) is 11.1 Å². The van der Waals surface area contributed by atoms with Gasteiger partial charge in [-0.05, 0) is 48.2 Å². The number of pyridine rings is 1. The number of rotatable bonds is 6. The molecule has 2 amide bonds. The second kappa shape index (κ2) is 9.15. The smallest absolute Gasteiger partial charge is 0.274 e. The van der Waals surface area contributed by atoms with Crippen LogP contribution < -0.4 is 10.6 Å². The van der Waals surface area contributed by atoms with Gasteiger partial charge in [-0.3, -0.25) is 9.59 Å². The Morgan fingerprint density at radius 1 is 0.862 bits per heavy atom. The first-order valence-corrected chi connectivity index (χ1v) is 9.64. The summed E-state index contributed by atoms with van der Waals surface area (Å²) < 4.78 is 0. The Kier molecular flexibility index (Phi) is 6.39. The molecule has 0 spiro atoms. The molecule has 0 fully saturated rings. The lowest BCUT2D eigenvalue weighted by Gasteiger charge is -2.09. The highest BCUT2D eigenvalue weighted by molar-refractivity contribution is 6.03. The molecule has 1 aromatic heterocycles. The lowest BCUT2D eigenvalue weighted by molar-refractivity contribution is 0.0945. The molecule has 0 bridgehead atoms. The van der Waals surface area contributed by atoms with Crippen LogP contribution in [0.15, 0.2) is 66.7 Å². The van der Waals surface area contributed by atoms with Gasteiger partial charge in [0.15, 0.2) is 0 Å². The van der Waals surface area contributed by atoms with E-state index in [0.717, 1.165) is 5.56 Å². The molecular weight excluding hydrogens is 362 g/mol. The van der Waals surface area contributed by atoms with Crippen molar-refractivity contribution in [2.75, 3.05) is 5.32 Å². The van der Waals surface area contributed by atoms with Gasteiger partial charge in [0.2, 0.25) is 0 Å². The van der Waals surface area contributed by atoms with Crippen molar-refractivity contribution in [3.8, 4) is 0 Å². The number of hydrogen-bond acceptors (Lipinski definition) is 3. The maximum Gasteiger partial charge on any atom is 0.274 e. The number of aromatic nitrogens is 1. The van der Waals surface area contributed by atoms with Crippen molar-refractivity contribution < 1.29 is 9.59 Å². The lowest BCUT2D eigenvalue weighted by atomic mass is 10.0. The number of nitrogens with one attached hydrogen (secondary N) is 2. The Bertz CT molecular complexity index is 993. The van der Waals surface area contributed by atoms with Crippen LogP contribution in [-0.2, 0) is 6.54 Å². The highest BCUT2D eigenvalue weighted by Crippen LogP contribution is 2.17. The molecule has 0 saturated heterocycles. The zero-order valence-corrected chi connectivity index (χ0v) is 16.9. The van der Waals surface area contributed by atoms with Crippen molar-refractivity contribution in [1.82, 2.24) is 10.3 Å². The molecule has 2 N–H and O–H groups in total. The van der Waals surface area contributed by atoms with Crippen LogP contribution in [0.3, 0.4) is 0 Å². The number of aryl methyl sites for hydroxylation is 1. The molecular formula is C24H25N3O2. The Morgan fingerprint density at radius 3 is 2.10 bits per heavy atom. The van der Waals surface area contributed by atoms with Gasteiger partial charge in [-0.15, -0.1) is 0 Å². The minimum absolute atomic E-state index is 0.195. The van der Waals surface area contributed by atoms with E-state index in [1.807, 2.05) is 55.5 Å². The van der Waals surface area contributed by atoms with E-state index < -0.39 is 0 Å². The molecule has 0 aliphatic carbocycles. The number of carbonyl (C=O) groups excluding carboxylic acids is 2. The van der Waals surface area contributed by atoms with Crippen LogP contribution in [-0.4, -0.2) is 16.8 Å². The molecule has 3 aromatic rings. The highest BCUT2D eigenvalue weighted by atomic mass is 16.2. The van der Waals surface area contributed by atoms with E-state index in [4.69, 9.17) is 0 Å².